The molecule has 1 aliphatic carbocycles. The number of hydrogen-bond acceptors (Lipinski definition) is 3. The summed E-state index contributed by atoms with van der Waals surface area (Å²) < 4.78 is 7.89. The van der Waals surface area contributed by atoms with Crippen molar-refractivity contribution >= 4 is 11.5 Å². The Labute approximate surface area is 137 Å². The van der Waals surface area contributed by atoms with Gasteiger partial charge < -0.3 is 14.6 Å². The number of carbonyl (C=O) groups is 1. The number of ketones is 1. The fourth-order valence-electron chi connectivity index (χ4n) is 3.12. The number of aryl methyl sites for hydroxylation is 1. The molecule has 3 rings (SSSR count). The normalized spacial score (nSPS) is 13.9. The first-order valence-corrected chi connectivity index (χ1v) is 8.29. The minimum Gasteiger partial charge on any atom is -0.492 e. The van der Waals surface area contributed by atoms with E-state index in [0.717, 1.165) is 22.7 Å². The molecule has 1 fully saturated rings. The highest BCUT2D eigenvalue weighted by Crippen LogP contribution is 2.38. The number of hydrogen-bond donors (Lipinski definition) is 1. The van der Waals surface area contributed by atoms with E-state index in [9.17, 15) is 4.79 Å². The Morgan fingerprint density at radius 2 is 2.04 bits per heavy atom. The van der Waals surface area contributed by atoms with Crippen molar-refractivity contribution in [1.29, 1.82) is 0 Å². The van der Waals surface area contributed by atoms with Gasteiger partial charge in [0, 0.05) is 23.0 Å². The molecule has 1 aliphatic rings. The Hall–Kier alpha value is -2.23. The Morgan fingerprint density at radius 1 is 1.30 bits per heavy atom. The molecule has 23 heavy (non-hydrogen) atoms. The van der Waals surface area contributed by atoms with E-state index in [0.29, 0.717) is 12.6 Å². The van der Waals surface area contributed by atoms with Crippen LogP contribution in [0, 0.1) is 13.8 Å². The van der Waals surface area contributed by atoms with Gasteiger partial charge in [-0.1, -0.05) is 12.1 Å². The van der Waals surface area contributed by atoms with Gasteiger partial charge in [0.15, 0.2) is 5.78 Å². The van der Waals surface area contributed by atoms with Crippen molar-refractivity contribution in [3.8, 4) is 5.75 Å². The standard InChI is InChI=1S/C19H24N2O2/c1-4-23-19-8-6-5-7-17(19)20-12-18(22)16-11-13(2)21(14(16)3)15-9-10-15/h5-8,11,15,20H,4,9-10,12H2,1-3H3. The molecule has 1 saturated carbocycles. The van der Waals surface area contributed by atoms with E-state index in [2.05, 4.69) is 16.8 Å². The summed E-state index contributed by atoms with van der Waals surface area (Å²) in [5.41, 5.74) is 3.97. The summed E-state index contributed by atoms with van der Waals surface area (Å²) in [6.07, 6.45) is 2.45. The van der Waals surface area contributed by atoms with Gasteiger partial charge in [0.25, 0.3) is 0 Å². The van der Waals surface area contributed by atoms with Crippen molar-refractivity contribution in [2.75, 3.05) is 18.5 Å². The predicted molar refractivity (Wildman–Crippen MR) is 92.6 cm³/mol. The number of aromatic nitrogens is 1. The summed E-state index contributed by atoms with van der Waals surface area (Å²) in [7, 11) is 0. The van der Waals surface area contributed by atoms with Gasteiger partial charge in [-0.15, -0.1) is 0 Å². The van der Waals surface area contributed by atoms with E-state index >= 15 is 0 Å². The third-order valence-electron chi connectivity index (χ3n) is 4.32. The first kappa shape index (κ1) is 15.7. The van der Waals surface area contributed by atoms with Crippen LogP contribution in [0.2, 0.25) is 0 Å². The number of para-hydroxylation sites is 2. The molecule has 4 nitrogen and oxygen atoms in total. The second-order valence-corrected chi connectivity index (χ2v) is 6.09. The smallest absolute Gasteiger partial charge is 0.183 e. The molecule has 0 unspecified atom stereocenters. The molecule has 122 valence electrons. The molecule has 1 aromatic heterocycles. The lowest BCUT2D eigenvalue weighted by Crippen LogP contribution is -2.15. The summed E-state index contributed by atoms with van der Waals surface area (Å²) >= 11 is 0. The highest BCUT2D eigenvalue weighted by Gasteiger charge is 2.28. The fraction of sp³-hybridized carbons (Fsp3) is 0.421. The number of nitrogens with zero attached hydrogens (tertiary/aromatic N) is 1. The lowest BCUT2D eigenvalue weighted by atomic mass is 10.1. The maximum atomic E-state index is 12.6. The van der Waals surface area contributed by atoms with Gasteiger partial charge in [-0.25, -0.2) is 0 Å². The third-order valence-corrected chi connectivity index (χ3v) is 4.32. The maximum absolute atomic E-state index is 12.6. The number of benzene rings is 1. The first-order chi connectivity index (χ1) is 11.1. The van der Waals surface area contributed by atoms with E-state index in [1.807, 2.05) is 44.2 Å². The molecule has 0 spiro atoms. The summed E-state index contributed by atoms with van der Waals surface area (Å²) in [6, 6.07) is 10.3. The molecule has 0 bridgehead atoms. The van der Waals surface area contributed by atoms with E-state index in [4.69, 9.17) is 4.74 Å². The van der Waals surface area contributed by atoms with Crippen molar-refractivity contribution in [3.05, 3.63) is 47.3 Å². The Balaban J connectivity index is 1.72. The molecule has 1 heterocycles. The summed E-state index contributed by atoms with van der Waals surface area (Å²) in [6.45, 7) is 6.97. The molecule has 0 saturated heterocycles. The highest BCUT2D eigenvalue weighted by atomic mass is 16.5. The third kappa shape index (κ3) is 3.26. The molecular formula is C19H24N2O2. The van der Waals surface area contributed by atoms with Crippen LogP contribution in [0.5, 0.6) is 5.75 Å². The van der Waals surface area contributed by atoms with Gasteiger partial charge in [0.05, 0.1) is 18.8 Å². The van der Waals surface area contributed by atoms with E-state index in [-0.39, 0.29) is 12.3 Å². The minimum absolute atomic E-state index is 0.122. The van der Waals surface area contributed by atoms with Crippen molar-refractivity contribution in [3.63, 3.8) is 0 Å². The van der Waals surface area contributed by atoms with Crippen LogP contribution >= 0.6 is 0 Å². The van der Waals surface area contributed by atoms with Gasteiger partial charge in [-0.3, -0.25) is 4.79 Å². The van der Waals surface area contributed by atoms with Crippen LogP contribution in [0.3, 0.4) is 0 Å². The van der Waals surface area contributed by atoms with E-state index in [1.54, 1.807) is 0 Å². The quantitative estimate of drug-likeness (QED) is 0.782. The number of rotatable bonds is 7. The fourth-order valence-corrected chi connectivity index (χ4v) is 3.12. The molecule has 1 N–H and O–H groups in total. The van der Waals surface area contributed by atoms with Crippen LogP contribution < -0.4 is 10.1 Å². The van der Waals surface area contributed by atoms with Crippen molar-refractivity contribution in [2.45, 2.75) is 39.7 Å². The van der Waals surface area contributed by atoms with Gasteiger partial charge in [-0.05, 0) is 51.8 Å². The zero-order chi connectivity index (χ0) is 16.4. The van der Waals surface area contributed by atoms with Gasteiger partial charge in [-0.2, -0.15) is 0 Å². The zero-order valence-electron chi connectivity index (χ0n) is 14.1. The van der Waals surface area contributed by atoms with E-state index < -0.39 is 0 Å². The van der Waals surface area contributed by atoms with Crippen LogP contribution in [0.25, 0.3) is 0 Å². The average Bonchev–Trinajstić information content (AvgIpc) is 3.32. The molecular weight excluding hydrogens is 288 g/mol. The minimum atomic E-state index is 0.122. The van der Waals surface area contributed by atoms with Crippen LogP contribution in [-0.2, 0) is 0 Å². The van der Waals surface area contributed by atoms with Crippen LogP contribution in [-0.4, -0.2) is 23.5 Å². The Morgan fingerprint density at radius 3 is 2.74 bits per heavy atom. The monoisotopic (exact) mass is 312 g/mol. The Bertz CT molecular complexity index is 714. The van der Waals surface area contributed by atoms with Crippen molar-refractivity contribution in [2.24, 2.45) is 0 Å². The van der Waals surface area contributed by atoms with E-state index in [1.165, 1.54) is 18.5 Å². The summed E-state index contributed by atoms with van der Waals surface area (Å²) in [5, 5.41) is 3.21. The zero-order valence-corrected chi connectivity index (χ0v) is 14.1. The molecule has 1 aromatic carbocycles. The number of nitrogens with one attached hydrogen (secondary N) is 1. The molecule has 0 radical (unpaired) electrons. The van der Waals surface area contributed by atoms with Crippen molar-refractivity contribution in [1.82, 2.24) is 4.57 Å². The highest BCUT2D eigenvalue weighted by molar-refractivity contribution is 6.00. The lowest BCUT2D eigenvalue weighted by molar-refractivity contribution is 0.101. The average molecular weight is 312 g/mol. The summed E-state index contributed by atoms with van der Waals surface area (Å²) in [4.78, 5) is 12.6. The summed E-state index contributed by atoms with van der Waals surface area (Å²) in [5.74, 6) is 0.905. The number of anilines is 1. The SMILES string of the molecule is CCOc1ccccc1NCC(=O)c1cc(C)n(C2CC2)c1C. The first-order valence-electron chi connectivity index (χ1n) is 8.29. The predicted octanol–water partition coefficient (Wildman–Crippen LogP) is 4.13. The topological polar surface area (TPSA) is 43.3 Å². The number of carbonyl (C=O) groups excluding carboxylic acids is 1. The molecule has 2 aromatic rings. The van der Waals surface area contributed by atoms with Gasteiger partial charge in [0.2, 0.25) is 0 Å². The number of Topliss-reactive ketones (excluding diaryl/α,β-unsaturated/α-hetero) is 1. The second-order valence-electron chi connectivity index (χ2n) is 6.09. The Kier molecular flexibility index (Phi) is 4.42. The molecule has 0 amide bonds. The van der Waals surface area contributed by atoms with Crippen LogP contribution in [0.1, 0.15) is 47.6 Å². The molecule has 0 aliphatic heterocycles. The number of ether oxygens (including phenoxy) is 1. The lowest BCUT2D eigenvalue weighted by Gasteiger charge is -2.12. The van der Waals surface area contributed by atoms with Crippen LogP contribution in [0.4, 0.5) is 5.69 Å². The van der Waals surface area contributed by atoms with Crippen molar-refractivity contribution < 1.29 is 9.53 Å². The van der Waals surface area contributed by atoms with Gasteiger partial charge in [0.1, 0.15) is 5.75 Å². The molecule has 0 atom stereocenters. The van der Waals surface area contributed by atoms with Gasteiger partial charge >= 0.3 is 0 Å². The molecule has 4 heteroatoms. The van der Waals surface area contributed by atoms with Crippen LogP contribution in [0.15, 0.2) is 30.3 Å². The maximum Gasteiger partial charge on any atom is 0.183 e. The largest absolute Gasteiger partial charge is 0.492 e. The second kappa shape index (κ2) is 6.49.